The Morgan fingerprint density at radius 1 is 1.40 bits per heavy atom. The molecule has 2 aromatic rings. The third-order valence-corrected chi connectivity index (χ3v) is 4.88. The first kappa shape index (κ1) is 16.0. The first-order valence-electron chi connectivity index (χ1n) is 8.57. The molecule has 0 bridgehead atoms. The number of amides is 1. The highest BCUT2D eigenvalue weighted by molar-refractivity contribution is 5.99. The monoisotopic (exact) mass is 342 g/mol. The molecule has 0 radical (unpaired) electrons. The predicted molar refractivity (Wildman–Crippen MR) is 93.3 cm³/mol. The van der Waals surface area contributed by atoms with Crippen LogP contribution in [0.25, 0.3) is 11.3 Å². The number of pyridine rings is 1. The maximum absolute atomic E-state index is 12.2. The van der Waals surface area contributed by atoms with Gasteiger partial charge in [0.2, 0.25) is 5.91 Å². The highest BCUT2D eigenvalue weighted by atomic mass is 16.5. The summed E-state index contributed by atoms with van der Waals surface area (Å²) in [6.45, 7) is 3.24. The maximum atomic E-state index is 12.2. The van der Waals surface area contributed by atoms with E-state index in [4.69, 9.17) is 4.74 Å². The number of nitrogens with one attached hydrogen (secondary N) is 1. The summed E-state index contributed by atoms with van der Waals surface area (Å²) < 4.78 is 5.12. The van der Waals surface area contributed by atoms with E-state index in [9.17, 15) is 4.79 Å². The van der Waals surface area contributed by atoms with Crippen LogP contribution < -0.4 is 10.2 Å². The van der Waals surface area contributed by atoms with E-state index in [1.54, 1.807) is 18.1 Å². The van der Waals surface area contributed by atoms with Gasteiger partial charge in [0.25, 0.3) is 0 Å². The molecule has 8 nitrogen and oxygen atoms in total. The van der Waals surface area contributed by atoms with Crippen LogP contribution >= 0.6 is 0 Å². The zero-order chi connectivity index (χ0) is 17.6. The summed E-state index contributed by atoms with van der Waals surface area (Å²) in [5, 5.41) is 12.3. The number of fused-ring (bicyclic) bond motifs is 3. The van der Waals surface area contributed by atoms with E-state index in [1.165, 1.54) is 0 Å². The lowest BCUT2D eigenvalue weighted by Gasteiger charge is -2.33. The van der Waals surface area contributed by atoms with Gasteiger partial charge in [0.05, 0.1) is 24.9 Å². The number of hydrogen-bond donors (Lipinski definition) is 1. The zero-order valence-corrected chi connectivity index (χ0v) is 14.7. The second-order valence-electron chi connectivity index (χ2n) is 6.63. The number of carbonyl (C=O) groups excluding carboxylic acids is 1. The van der Waals surface area contributed by atoms with E-state index >= 15 is 0 Å². The van der Waals surface area contributed by atoms with Crippen molar-refractivity contribution < 1.29 is 9.53 Å². The van der Waals surface area contributed by atoms with Crippen molar-refractivity contribution in [2.45, 2.75) is 32.4 Å². The normalized spacial score (nSPS) is 18.7. The van der Waals surface area contributed by atoms with Crippen LogP contribution in [-0.2, 0) is 16.1 Å². The number of nitrogens with zero attached hydrogens (tertiary/aromatic N) is 5. The van der Waals surface area contributed by atoms with Crippen molar-refractivity contribution in [1.29, 1.82) is 0 Å². The lowest BCUT2D eigenvalue weighted by atomic mass is 9.99. The van der Waals surface area contributed by atoms with Crippen LogP contribution in [0.3, 0.4) is 0 Å². The lowest BCUT2D eigenvalue weighted by Crippen LogP contribution is -2.28. The van der Waals surface area contributed by atoms with Crippen molar-refractivity contribution in [3.05, 3.63) is 18.0 Å². The van der Waals surface area contributed by atoms with Crippen LogP contribution in [0.2, 0.25) is 0 Å². The second-order valence-corrected chi connectivity index (χ2v) is 6.63. The first-order valence-corrected chi connectivity index (χ1v) is 8.57. The quantitative estimate of drug-likeness (QED) is 0.892. The maximum Gasteiger partial charge on any atom is 0.228 e. The van der Waals surface area contributed by atoms with Crippen molar-refractivity contribution >= 4 is 17.4 Å². The van der Waals surface area contributed by atoms with Gasteiger partial charge in [-0.1, -0.05) is 0 Å². The first-order chi connectivity index (χ1) is 12.1. The van der Waals surface area contributed by atoms with Gasteiger partial charge in [0, 0.05) is 31.8 Å². The summed E-state index contributed by atoms with van der Waals surface area (Å²) in [7, 11) is 3.66. The van der Waals surface area contributed by atoms with Crippen LogP contribution in [0.5, 0.6) is 0 Å². The summed E-state index contributed by atoms with van der Waals surface area (Å²) in [5.41, 5.74) is 3.62. The number of carbonyl (C=O) groups is 1. The molecule has 0 aromatic carbocycles. The van der Waals surface area contributed by atoms with Crippen LogP contribution in [0.4, 0.5) is 11.5 Å². The Balaban J connectivity index is 1.75. The Kier molecular flexibility index (Phi) is 3.91. The van der Waals surface area contributed by atoms with Gasteiger partial charge < -0.3 is 15.0 Å². The molecule has 1 amide bonds. The number of anilines is 2. The van der Waals surface area contributed by atoms with Crippen LogP contribution in [-0.4, -0.2) is 46.6 Å². The highest BCUT2D eigenvalue weighted by Gasteiger charge is 2.35. The van der Waals surface area contributed by atoms with Gasteiger partial charge >= 0.3 is 0 Å². The van der Waals surface area contributed by atoms with Crippen molar-refractivity contribution in [3.8, 4) is 11.3 Å². The van der Waals surface area contributed by atoms with E-state index < -0.39 is 0 Å². The van der Waals surface area contributed by atoms with Gasteiger partial charge in [-0.3, -0.25) is 4.79 Å². The third-order valence-electron chi connectivity index (χ3n) is 4.88. The van der Waals surface area contributed by atoms with Gasteiger partial charge in [-0.05, 0) is 25.8 Å². The number of ether oxygens (including phenoxy) is 1. The molecule has 8 heteroatoms. The zero-order valence-electron chi connectivity index (χ0n) is 14.7. The number of hydrogen-bond acceptors (Lipinski definition) is 6. The molecule has 2 aromatic heterocycles. The fraction of sp³-hybridized carbons (Fsp3) is 0.529. The summed E-state index contributed by atoms with van der Waals surface area (Å²) in [4.78, 5) is 20.4. The predicted octanol–water partition coefficient (Wildman–Crippen LogP) is 1.85. The third kappa shape index (κ3) is 2.76. The molecule has 132 valence electrons. The molecule has 25 heavy (non-hydrogen) atoms. The number of aromatic nitrogens is 4. The summed E-state index contributed by atoms with van der Waals surface area (Å²) >= 11 is 0. The minimum absolute atomic E-state index is 0.0413. The molecule has 2 aliphatic rings. The van der Waals surface area contributed by atoms with Crippen LogP contribution in [0.1, 0.15) is 31.5 Å². The number of methoxy groups -OCH3 is 1. The molecule has 1 aliphatic heterocycles. The van der Waals surface area contributed by atoms with Gasteiger partial charge in [0.15, 0.2) is 5.82 Å². The van der Waals surface area contributed by atoms with E-state index in [0.717, 1.165) is 35.5 Å². The molecule has 0 saturated heterocycles. The molecular weight excluding hydrogens is 320 g/mol. The van der Waals surface area contributed by atoms with E-state index in [2.05, 4.69) is 32.3 Å². The molecular formula is C17H22N6O2. The minimum Gasteiger partial charge on any atom is -0.383 e. The topological polar surface area (TPSA) is 85.2 Å². The van der Waals surface area contributed by atoms with Gasteiger partial charge in [-0.25, -0.2) is 4.98 Å². The van der Waals surface area contributed by atoms with E-state index in [1.807, 2.05) is 13.1 Å². The average molecular weight is 342 g/mol. The molecule has 4 rings (SSSR count). The SMILES string of the molecule is COCCn1nc2c(n1)C(C)N(C)c1c-2ccnc1NC(=O)C1CC1. The van der Waals surface area contributed by atoms with E-state index in [-0.39, 0.29) is 17.9 Å². The van der Waals surface area contributed by atoms with E-state index in [0.29, 0.717) is 19.0 Å². The lowest BCUT2D eigenvalue weighted by molar-refractivity contribution is -0.117. The Bertz CT molecular complexity index is 813. The molecule has 1 saturated carbocycles. The average Bonchev–Trinajstić information content (AvgIpc) is 3.37. The Morgan fingerprint density at radius 2 is 2.20 bits per heavy atom. The molecule has 3 heterocycles. The van der Waals surface area contributed by atoms with Crippen molar-refractivity contribution in [2.75, 3.05) is 31.0 Å². The molecule has 1 atom stereocenters. The molecule has 1 unspecified atom stereocenters. The fourth-order valence-electron chi connectivity index (χ4n) is 3.14. The fourth-order valence-corrected chi connectivity index (χ4v) is 3.14. The van der Waals surface area contributed by atoms with Crippen LogP contribution in [0.15, 0.2) is 12.3 Å². The standard InChI is InChI=1S/C17H22N6O2/c1-10-13-14(21-23(20-13)8-9-25-3)12-6-7-18-16(15(12)22(10)2)19-17(24)11-4-5-11/h6-7,10-11H,4-5,8-9H2,1-3H3,(H,18,19,24). The molecule has 1 aliphatic carbocycles. The van der Waals surface area contributed by atoms with Crippen molar-refractivity contribution in [2.24, 2.45) is 5.92 Å². The van der Waals surface area contributed by atoms with Crippen molar-refractivity contribution in [3.63, 3.8) is 0 Å². The largest absolute Gasteiger partial charge is 0.383 e. The van der Waals surface area contributed by atoms with Crippen LogP contribution in [0, 0.1) is 5.92 Å². The Hall–Kier alpha value is -2.48. The Morgan fingerprint density at radius 3 is 2.92 bits per heavy atom. The smallest absolute Gasteiger partial charge is 0.228 e. The molecule has 0 spiro atoms. The Labute approximate surface area is 146 Å². The second kappa shape index (κ2) is 6.11. The van der Waals surface area contributed by atoms with Gasteiger partial charge in [-0.2, -0.15) is 15.0 Å². The minimum atomic E-state index is 0.0413. The van der Waals surface area contributed by atoms with Crippen molar-refractivity contribution in [1.82, 2.24) is 20.0 Å². The summed E-state index contributed by atoms with van der Waals surface area (Å²) in [6.07, 6.45) is 3.64. The van der Waals surface area contributed by atoms with Gasteiger partial charge in [0.1, 0.15) is 11.4 Å². The molecule has 1 fully saturated rings. The summed E-state index contributed by atoms with van der Waals surface area (Å²) in [5.74, 6) is 0.784. The highest BCUT2D eigenvalue weighted by Crippen LogP contribution is 2.45. The number of rotatable bonds is 5. The van der Waals surface area contributed by atoms with Gasteiger partial charge in [-0.15, -0.1) is 0 Å². The summed E-state index contributed by atoms with van der Waals surface area (Å²) in [6, 6.07) is 1.97. The molecule has 1 N–H and O–H groups in total.